The van der Waals surface area contributed by atoms with Gasteiger partial charge in [-0.15, -0.1) is 0 Å². The van der Waals surface area contributed by atoms with E-state index in [1.807, 2.05) is 6.07 Å². The fourth-order valence-electron chi connectivity index (χ4n) is 2.44. The standard InChI is InChI=1S/C19H20N2O4S/c1-3-21(4-2)26(23,24)18-10-8-17(9-11-18)19(22)25-14-16-7-5-6-15(12-16)13-20/h5-12H,3-4,14H2,1-2H3. The van der Waals surface area contributed by atoms with Gasteiger partial charge in [-0.1, -0.05) is 26.0 Å². The lowest BCUT2D eigenvalue weighted by molar-refractivity contribution is 0.0472. The number of nitrogens with zero attached hydrogens (tertiary/aromatic N) is 2. The van der Waals surface area contributed by atoms with Crippen LogP contribution in [0.1, 0.15) is 35.3 Å². The maximum atomic E-state index is 12.4. The Morgan fingerprint density at radius 2 is 1.77 bits per heavy atom. The topological polar surface area (TPSA) is 87.5 Å². The quantitative estimate of drug-likeness (QED) is 0.697. The third kappa shape index (κ3) is 4.48. The highest BCUT2D eigenvalue weighted by Crippen LogP contribution is 2.17. The first kappa shape index (κ1) is 19.6. The third-order valence-corrected chi connectivity index (χ3v) is 5.92. The second-order valence-corrected chi connectivity index (χ2v) is 7.44. The number of esters is 1. The van der Waals surface area contributed by atoms with E-state index in [-0.39, 0.29) is 17.1 Å². The molecule has 0 bridgehead atoms. The Kier molecular flexibility index (Phi) is 6.50. The molecule has 0 amide bonds. The Morgan fingerprint density at radius 3 is 2.35 bits per heavy atom. The van der Waals surface area contributed by atoms with Crippen molar-refractivity contribution in [2.24, 2.45) is 0 Å². The SMILES string of the molecule is CCN(CC)S(=O)(=O)c1ccc(C(=O)OCc2cccc(C#N)c2)cc1. The number of hydrogen-bond donors (Lipinski definition) is 0. The molecule has 2 rings (SSSR count). The zero-order valence-corrected chi connectivity index (χ0v) is 15.5. The molecule has 0 aliphatic carbocycles. The molecular weight excluding hydrogens is 352 g/mol. The van der Waals surface area contributed by atoms with Crippen molar-refractivity contribution in [1.82, 2.24) is 4.31 Å². The highest BCUT2D eigenvalue weighted by molar-refractivity contribution is 7.89. The van der Waals surface area contributed by atoms with Crippen molar-refractivity contribution < 1.29 is 17.9 Å². The summed E-state index contributed by atoms with van der Waals surface area (Å²) >= 11 is 0. The molecule has 0 N–H and O–H groups in total. The predicted octanol–water partition coefficient (Wildman–Crippen LogP) is 2.95. The fraction of sp³-hybridized carbons (Fsp3) is 0.263. The van der Waals surface area contributed by atoms with E-state index >= 15 is 0 Å². The maximum absolute atomic E-state index is 12.4. The van der Waals surface area contributed by atoms with Crippen molar-refractivity contribution in [3.05, 3.63) is 65.2 Å². The molecular formula is C19H20N2O4S. The summed E-state index contributed by atoms with van der Waals surface area (Å²) in [4.78, 5) is 12.3. The van der Waals surface area contributed by atoms with Gasteiger partial charge in [0.25, 0.3) is 0 Å². The molecule has 0 fully saturated rings. The predicted molar refractivity (Wildman–Crippen MR) is 96.8 cm³/mol. The minimum Gasteiger partial charge on any atom is -0.457 e. The molecule has 0 spiro atoms. The average Bonchev–Trinajstić information content (AvgIpc) is 2.67. The lowest BCUT2D eigenvalue weighted by Gasteiger charge is -2.18. The molecule has 6 nitrogen and oxygen atoms in total. The highest BCUT2D eigenvalue weighted by Gasteiger charge is 2.21. The van der Waals surface area contributed by atoms with Crippen LogP contribution in [0.3, 0.4) is 0 Å². The summed E-state index contributed by atoms with van der Waals surface area (Å²) < 4.78 is 31.4. The molecule has 0 heterocycles. The van der Waals surface area contributed by atoms with E-state index in [1.165, 1.54) is 28.6 Å². The van der Waals surface area contributed by atoms with Crippen LogP contribution < -0.4 is 0 Å². The van der Waals surface area contributed by atoms with E-state index in [0.717, 1.165) is 0 Å². The van der Waals surface area contributed by atoms with Crippen LogP contribution in [0.4, 0.5) is 0 Å². The van der Waals surface area contributed by atoms with Crippen molar-refractivity contribution in [2.75, 3.05) is 13.1 Å². The molecule has 0 aliphatic heterocycles. The highest BCUT2D eigenvalue weighted by atomic mass is 32.2. The molecule has 136 valence electrons. The van der Waals surface area contributed by atoms with Crippen LogP contribution in [-0.2, 0) is 21.4 Å². The van der Waals surface area contributed by atoms with Crippen molar-refractivity contribution in [2.45, 2.75) is 25.3 Å². The van der Waals surface area contributed by atoms with Crippen LogP contribution in [0.2, 0.25) is 0 Å². The molecule has 0 aliphatic rings. The number of sulfonamides is 1. The van der Waals surface area contributed by atoms with Gasteiger partial charge in [-0.05, 0) is 42.0 Å². The number of rotatable bonds is 7. The van der Waals surface area contributed by atoms with E-state index < -0.39 is 16.0 Å². The van der Waals surface area contributed by atoms with E-state index in [4.69, 9.17) is 10.00 Å². The molecule has 0 unspecified atom stereocenters. The number of nitriles is 1. The summed E-state index contributed by atoms with van der Waals surface area (Å²) in [5.74, 6) is -0.556. The van der Waals surface area contributed by atoms with Crippen LogP contribution >= 0.6 is 0 Å². The summed E-state index contributed by atoms with van der Waals surface area (Å²) in [6.45, 7) is 4.34. The summed E-state index contributed by atoms with van der Waals surface area (Å²) in [7, 11) is -3.56. The van der Waals surface area contributed by atoms with Crippen LogP contribution in [-0.4, -0.2) is 31.8 Å². The summed E-state index contributed by atoms with van der Waals surface area (Å²) in [6.07, 6.45) is 0. The van der Waals surface area contributed by atoms with E-state index in [0.29, 0.717) is 24.2 Å². The smallest absolute Gasteiger partial charge is 0.338 e. The first-order chi connectivity index (χ1) is 12.4. The van der Waals surface area contributed by atoms with Crippen molar-refractivity contribution in [3.8, 4) is 6.07 Å². The van der Waals surface area contributed by atoms with E-state index in [1.54, 1.807) is 38.1 Å². The Morgan fingerprint density at radius 1 is 1.12 bits per heavy atom. The molecule has 7 heteroatoms. The Bertz CT molecular complexity index is 911. The second kappa shape index (κ2) is 8.61. The third-order valence-electron chi connectivity index (χ3n) is 3.86. The molecule has 0 saturated carbocycles. The minimum atomic E-state index is -3.56. The second-order valence-electron chi connectivity index (χ2n) is 5.50. The Hall–Kier alpha value is -2.69. The molecule has 0 radical (unpaired) electrons. The number of carbonyl (C=O) groups excluding carboxylic acids is 1. The molecule has 2 aromatic carbocycles. The number of benzene rings is 2. The molecule has 0 atom stereocenters. The average molecular weight is 372 g/mol. The Balaban J connectivity index is 2.08. The monoisotopic (exact) mass is 372 g/mol. The van der Waals surface area contributed by atoms with E-state index in [9.17, 15) is 13.2 Å². The van der Waals surface area contributed by atoms with Crippen LogP contribution in [0.5, 0.6) is 0 Å². The molecule has 0 aromatic heterocycles. The summed E-state index contributed by atoms with van der Waals surface area (Å²) in [5, 5.41) is 8.87. The molecule has 0 saturated heterocycles. The number of ether oxygens (including phenoxy) is 1. The van der Waals surface area contributed by atoms with Gasteiger partial charge in [-0.3, -0.25) is 0 Å². The van der Waals surface area contributed by atoms with Gasteiger partial charge in [0.1, 0.15) is 6.61 Å². The van der Waals surface area contributed by atoms with Gasteiger partial charge < -0.3 is 4.74 Å². The van der Waals surface area contributed by atoms with Gasteiger partial charge in [-0.25, -0.2) is 13.2 Å². The summed E-state index contributed by atoms with van der Waals surface area (Å²) in [5.41, 5.74) is 1.46. The summed E-state index contributed by atoms with van der Waals surface area (Å²) in [6, 6.07) is 14.5. The van der Waals surface area contributed by atoms with Gasteiger partial charge in [0.15, 0.2) is 0 Å². The fourth-order valence-corrected chi connectivity index (χ4v) is 3.90. The minimum absolute atomic E-state index is 0.0356. The first-order valence-electron chi connectivity index (χ1n) is 8.18. The Labute approximate surface area is 153 Å². The van der Waals surface area contributed by atoms with Crippen molar-refractivity contribution in [3.63, 3.8) is 0 Å². The molecule has 26 heavy (non-hydrogen) atoms. The lowest BCUT2D eigenvalue weighted by atomic mass is 10.1. The van der Waals surface area contributed by atoms with Gasteiger partial charge in [0, 0.05) is 13.1 Å². The lowest BCUT2D eigenvalue weighted by Crippen LogP contribution is -2.30. The van der Waals surface area contributed by atoms with Crippen LogP contribution in [0.15, 0.2) is 53.4 Å². The van der Waals surface area contributed by atoms with Crippen molar-refractivity contribution in [1.29, 1.82) is 5.26 Å². The van der Waals surface area contributed by atoms with E-state index in [2.05, 4.69) is 0 Å². The zero-order valence-electron chi connectivity index (χ0n) is 14.7. The van der Waals surface area contributed by atoms with Gasteiger partial charge in [0.05, 0.1) is 22.1 Å². The van der Waals surface area contributed by atoms with Crippen LogP contribution in [0.25, 0.3) is 0 Å². The van der Waals surface area contributed by atoms with Gasteiger partial charge in [-0.2, -0.15) is 9.57 Å². The van der Waals surface area contributed by atoms with Gasteiger partial charge in [0.2, 0.25) is 10.0 Å². The van der Waals surface area contributed by atoms with Gasteiger partial charge >= 0.3 is 5.97 Å². The molecule has 2 aromatic rings. The normalized spacial score (nSPS) is 11.2. The number of hydrogen-bond acceptors (Lipinski definition) is 5. The van der Waals surface area contributed by atoms with Crippen LogP contribution in [0, 0.1) is 11.3 Å². The largest absolute Gasteiger partial charge is 0.457 e. The first-order valence-corrected chi connectivity index (χ1v) is 9.62. The number of carbonyl (C=O) groups is 1. The van der Waals surface area contributed by atoms with Crippen molar-refractivity contribution >= 4 is 16.0 Å². The maximum Gasteiger partial charge on any atom is 0.338 e. The zero-order chi connectivity index (χ0) is 19.2.